The van der Waals surface area contributed by atoms with Crippen LogP contribution in [0.15, 0.2) is 24.3 Å². The number of rotatable bonds is 3. The number of nitrogens with two attached hydrogens (primary N) is 1. The summed E-state index contributed by atoms with van der Waals surface area (Å²) >= 11 is 0. The molecule has 0 heterocycles. The molecule has 4 nitrogen and oxygen atoms in total. The van der Waals surface area contributed by atoms with E-state index in [1.165, 1.54) is 6.92 Å². The Morgan fingerprint density at radius 1 is 1.05 bits per heavy atom. The van der Waals surface area contributed by atoms with Gasteiger partial charge in [-0.3, -0.25) is 9.59 Å². The number of nitrogens with one attached hydrogen (secondary N) is 1. The summed E-state index contributed by atoms with van der Waals surface area (Å²) in [6.07, 6.45) is 3.82. The normalized spacial score (nSPS) is 21.7. The van der Waals surface area contributed by atoms with E-state index in [0.717, 1.165) is 25.7 Å². The van der Waals surface area contributed by atoms with Crippen LogP contribution in [0.5, 0.6) is 0 Å². The van der Waals surface area contributed by atoms with E-state index in [1.807, 2.05) is 0 Å². The molecule has 1 aromatic carbocycles. The second-order valence-electron chi connectivity index (χ2n) is 5.22. The SMILES string of the molecule is CC(=O)c1ccc(C(=O)NC2CCC(N)CC2)cc1.Cl. The Kier molecular flexibility index (Phi) is 6.17. The first-order valence-corrected chi connectivity index (χ1v) is 6.73. The first-order valence-electron chi connectivity index (χ1n) is 6.73. The summed E-state index contributed by atoms with van der Waals surface area (Å²) in [5.74, 6) is -0.0659. The number of Topliss-reactive ketones (excluding diaryl/α,β-unsaturated/α-hetero) is 1. The van der Waals surface area contributed by atoms with Crippen molar-refractivity contribution < 1.29 is 9.59 Å². The zero-order chi connectivity index (χ0) is 13.8. The lowest BCUT2D eigenvalue weighted by atomic mass is 9.91. The molecule has 0 aromatic heterocycles. The van der Waals surface area contributed by atoms with Gasteiger partial charge in [-0.15, -0.1) is 12.4 Å². The number of carbonyl (C=O) groups excluding carboxylic acids is 2. The van der Waals surface area contributed by atoms with E-state index >= 15 is 0 Å². The smallest absolute Gasteiger partial charge is 0.251 e. The lowest BCUT2D eigenvalue weighted by molar-refractivity contribution is 0.0924. The van der Waals surface area contributed by atoms with Gasteiger partial charge in [-0.1, -0.05) is 12.1 Å². The first-order chi connectivity index (χ1) is 9.06. The van der Waals surface area contributed by atoms with Crippen molar-refractivity contribution >= 4 is 24.1 Å². The molecule has 1 aliphatic rings. The Morgan fingerprint density at radius 2 is 1.55 bits per heavy atom. The second-order valence-corrected chi connectivity index (χ2v) is 5.22. The fraction of sp³-hybridized carbons (Fsp3) is 0.467. The first kappa shape index (κ1) is 16.7. The Balaban J connectivity index is 0.00000200. The molecule has 0 saturated heterocycles. The lowest BCUT2D eigenvalue weighted by Crippen LogP contribution is -2.40. The second kappa shape index (κ2) is 7.41. The van der Waals surface area contributed by atoms with Crippen molar-refractivity contribution in [3.8, 4) is 0 Å². The van der Waals surface area contributed by atoms with E-state index in [9.17, 15) is 9.59 Å². The van der Waals surface area contributed by atoms with Crippen LogP contribution in [0.2, 0.25) is 0 Å². The minimum absolute atomic E-state index is 0. The van der Waals surface area contributed by atoms with Crippen LogP contribution in [0.1, 0.15) is 53.3 Å². The lowest BCUT2D eigenvalue weighted by Gasteiger charge is -2.26. The molecule has 1 amide bonds. The van der Waals surface area contributed by atoms with Crippen LogP contribution >= 0.6 is 12.4 Å². The molecule has 5 heteroatoms. The van der Waals surface area contributed by atoms with Gasteiger partial charge in [-0.25, -0.2) is 0 Å². The van der Waals surface area contributed by atoms with E-state index in [0.29, 0.717) is 11.1 Å². The third-order valence-corrected chi connectivity index (χ3v) is 3.66. The minimum Gasteiger partial charge on any atom is -0.349 e. The van der Waals surface area contributed by atoms with Crippen molar-refractivity contribution in [3.05, 3.63) is 35.4 Å². The van der Waals surface area contributed by atoms with Gasteiger partial charge in [-0.2, -0.15) is 0 Å². The van der Waals surface area contributed by atoms with Crippen LogP contribution in [0.4, 0.5) is 0 Å². The maximum Gasteiger partial charge on any atom is 0.251 e. The summed E-state index contributed by atoms with van der Waals surface area (Å²) in [6.45, 7) is 1.51. The fourth-order valence-electron chi connectivity index (χ4n) is 2.39. The minimum atomic E-state index is -0.0735. The number of carbonyl (C=O) groups is 2. The van der Waals surface area contributed by atoms with Gasteiger partial charge < -0.3 is 11.1 Å². The number of halogens is 1. The van der Waals surface area contributed by atoms with Crippen molar-refractivity contribution in [2.75, 3.05) is 0 Å². The number of ketones is 1. The molecule has 0 unspecified atom stereocenters. The molecule has 110 valence electrons. The molecule has 0 aliphatic heterocycles. The average molecular weight is 297 g/mol. The number of amides is 1. The van der Waals surface area contributed by atoms with Gasteiger partial charge in [0.05, 0.1) is 0 Å². The standard InChI is InChI=1S/C15H20N2O2.ClH/c1-10(18)11-2-4-12(5-3-11)15(19)17-14-8-6-13(16)7-9-14;/h2-5,13-14H,6-9,16H2,1H3,(H,17,19);1H. The molecular weight excluding hydrogens is 276 g/mol. The highest BCUT2D eigenvalue weighted by Gasteiger charge is 2.20. The van der Waals surface area contributed by atoms with Crippen molar-refractivity contribution in [1.29, 1.82) is 0 Å². The Labute approximate surface area is 125 Å². The van der Waals surface area contributed by atoms with Gasteiger partial charge in [0.15, 0.2) is 5.78 Å². The maximum atomic E-state index is 12.0. The summed E-state index contributed by atoms with van der Waals surface area (Å²) in [4.78, 5) is 23.2. The molecular formula is C15H21ClN2O2. The summed E-state index contributed by atoms with van der Waals surface area (Å²) in [6, 6.07) is 7.27. The highest BCUT2D eigenvalue weighted by Crippen LogP contribution is 2.17. The van der Waals surface area contributed by atoms with Gasteiger partial charge in [0, 0.05) is 23.2 Å². The molecule has 1 aliphatic carbocycles. The zero-order valence-corrected chi connectivity index (χ0v) is 12.4. The average Bonchev–Trinajstić information content (AvgIpc) is 2.41. The summed E-state index contributed by atoms with van der Waals surface area (Å²) in [5, 5.41) is 3.02. The molecule has 1 fully saturated rings. The van der Waals surface area contributed by atoms with Crippen LogP contribution < -0.4 is 11.1 Å². The van der Waals surface area contributed by atoms with Gasteiger partial charge >= 0.3 is 0 Å². The molecule has 20 heavy (non-hydrogen) atoms. The molecule has 0 atom stereocenters. The van der Waals surface area contributed by atoms with E-state index in [-0.39, 0.29) is 36.2 Å². The van der Waals surface area contributed by atoms with Gasteiger partial charge in [0.25, 0.3) is 5.91 Å². The molecule has 1 aromatic rings. The van der Waals surface area contributed by atoms with Crippen molar-refractivity contribution in [1.82, 2.24) is 5.32 Å². The topological polar surface area (TPSA) is 72.2 Å². The summed E-state index contributed by atoms with van der Waals surface area (Å²) in [5.41, 5.74) is 7.06. The molecule has 1 saturated carbocycles. The highest BCUT2D eigenvalue weighted by molar-refractivity contribution is 5.97. The van der Waals surface area contributed by atoms with E-state index < -0.39 is 0 Å². The van der Waals surface area contributed by atoms with Crippen molar-refractivity contribution in [3.63, 3.8) is 0 Å². The molecule has 0 radical (unpaired) electrons. The third kappa shape index (κ3) is 4.32. The predicted octanol–water partition coefficient (Wildman–Crippen LogP) is 2.31. The van der Waals surface area contributed by atoms with Crippen LogP contribution in [0, 0.1) is 0 Å². The zero-order valence-electron chi connectivity index (χ0n) is 11.6. The van der Waals surface area contributed by atoms with Crippen LogP contribution in [0.25, 0.3) is 0 Å². The Bertz CT molecular complexity index is 465. The van der Waals surface area contributed by atoms with Crippen LogP contribution in [-0.2, 0) is 0 Å². The monoisotopic (exact) mass is 296 g/mol. The predicted molar refractivity (Wildman–Crippen MR) is 81.4 cm³/mol. The number of benzene rings is 1. The Hall–Kier alpha value is -1.39. The van der Waals surface area contributed by atoms with Gasteiger partial charge in [0.2, 0.25) is 0 Å². The van der Waals surface area contributed by atoms with E-state index in [4.69, 9.17) is 5.73 Å². The van der Waals surface area contributed by atoms with Gasteiger partial charge in [0.1, 0.15) is 0 Å². The summed E-state index contributed by atoms with van der Waals surface area (Å²) < 4.78 is 0. The molecule has 2 rings (SSSR count). The molecule has 0 bridgehead atoms. The van der Waals surface area contributed by atoms with Gasteiger partial charge in [-0.05, 0) is 44.7 Å². The number of hydrogen-bond acceptors (Lipinski definition) is 3. The quantitative estimate of drug-likeness (QED) is 0.841. The third-order valence-electron chi connectivity index (χ3n) is 3.66. The largest absolute Gasteiger partial charge is 0.349 e. The highest BCUT2D eigenvalue weighted by atomic mass is 35.5. The van der Waals surface area contributed by atoms with Crippen molar-refractivity contribution in [2.45, 2.75) is 44.7 Å². The number of hydrogen-bond donors (Lipinski definition) is 2. The van der Waals surface area contributed by atoms with E-state index in [1.54, 1.807) is 24.3 Å². The molecule has 3 N–H and O–H groups in total. The fourth-order valence-corrected chi connectivity index (χ4v) is 2.39. The Morgan fingerprint density at radius 3 is 2.05 bits per heavy atom. The molecule has 0 spiro atoms. The van der Waals surface area contributed by atoms with Crippen LogP contribution in [-0.4, -0.2) is 23.8 Å². The van der Waals surface area contributed by atoms with Crippen molar-refractivity contribution in [2.24, 2.45) is 5.73 Å². The van der Waals surface area contributed by atoms with E-state index in [2.05, 4.69) is 5.32 Å². The summed E-state index contributed by atoms with van der Waals surface area (Å²) in [7, 11) is 0. The van der Waals surface area contributed by atoms with Crippen LogP contribution in [0.3, 0.4) is 0 Å². The maximum absolute atomic E-state index is 12.0.